The number of imidazole rings is 2. The van der Waals surface area contributed by atoms with Crippen molar-refractivity contribution in [3.8, 4) is 33.6 Å². The Kier molecular flexibility index (Phi) is 6.27. The first kappa shape index (κ1) is 22.1. The second-order valence-electron chi connectivity index (χ2n) is 9.08. The van der Waals surface area contributed by atoms with Crippen molar-refractivity contribution in [2.75, 3.05) is 19.8 Å². The molecule has 0 aliphatic carbocycles. The number of rotatable bonds is 6. The fourth-order valence-electron chi connectivity index (χ4n) is 4.35. The largest absolute Gasteiger partial charge is 0.377 e. The molecule has 1 aliphatic rings. The van der Waals surface area contributed by atoms with E-state index < -0.39 is 0 Å². The number of aromatic amines is 2. The van der Waals surface area contributed by atoms with Gasteiger partial charge in [-0.05, 0) is 28.2 Å². The number of carbonyl (C=O) groups is 1. The van der Waals surface area contributed by atoms with Crippen LogP contribution in [0.15, 0.2) is 67.3 Å². The molecule has 0 spiro atoms. The average molecular weight is 456 g/mol. The molecule has 0 saturated carbocycles. The van der Waals surface area contributed by atoms with E-state index in [1.165, 1.54) is 0 Å². The Morgan fingerprint density at radius 3 is 2.26 bits per heavy atom. The molecule has 0 radical (unpaired) electrons. The Hall–Kier alpha value is -3.71. The maximum Gasteiger partial charge on any atom is 0.223 e. The zero-order chi connectivity index (χ0) is 23.5. The highest BCUT2D eigenvalue weighted by Crippen LogP contribution is 2.29. The van der Waals surface area contributed by atoms with E-state index in [-0.39, 0.29) is 11.9 Å². The van der Waals surface area contributed by atoms with Gasteiger partial charge in [0.15, 0.2) is 0 Å². The molecule has 7 nitrogen and oxygen atoms in total. The SMILES string of the molecule is CC(C)CC(=O)N1CCOC[C@H]1c1ncc(-c2ccc(-c3ccc(-c4cnc[nH]4)cc3)cc2)[nH]1. The number of hydrogen-bond donors (Lipinski definition) is 2. The van der Waals surface area contributed by atoms with Gasteiger partial charge in [-0.3, -0.25) is 4.79 Å². The summed E-state index contributed by atoms with van der Waals surface area (Å²) in [5.41, 5.74) is 6.39. The molecule has 3 heterocycles. The normalized spacial score (nSPS) is 16.2. The quantitative estimate of drug-likeness (QED) is 0.424. The third kappa shape index (κ3) is 4.65. The lowest BCUT2D eigenvalue weighted by molar-refractivity contribution is -0.141. The minimum absolute atomic E-state index is 0.157. The van der Waals surface area contributed by atoms with Gasteiger partial charge in [0.25, 0.3) is 0 Å². The highest BCUT2D eigenvalue weighted by molar-refractivity contribution is 5.77. The highest BCUT2D eigenvalue weighted by Gasteiger charge is 2.30. The summed E-state index contributed by atoms with van der Waals surface area (Å²) in [4.78, 5) is 29.9. The number of morpholine rings is 1. The number of carbonyl (C=O) groups excluding carboxylic acids is 1. The second kappa shape index (κ2) is 9.65. The topological polar surface area (TPSA) is 86.9 Å². The van der Waals surface area contributed by atoms with Gasteiger partial charge in [-0.15, -0.1) is 0 Å². The summed E-state index contributed by atoms with van der Waals surface area (Å²) < 4.78 is 5.67. The molecule has 1 atom stereocenters. The van der Waals surface area contributed by atoms with Crippen LogP contribution in [0.1, 0.15) is 32.1 Å². The summed E-state index contributed by atoms with van der Waals surface area (Å²) in [6, 6.07) is 16.7. The summed E-state index contributed by atoms with van der Waals surface area (Å²) >= 11 is 0. The molecule has 34 heavy (non-hydrogen) atoms. The van der Waals surface area contributed by atoms with Crippen molar-refractivity contribution in [1.29, 1.82) is 0 Å². The van der Waals surface area contributed by atoms with Crippen molar-refractivity contribution < 1.29 is 9.53 Å². The van der Waals surface area contributed by atoms with Crippen molar-refractivity contribution in [2.24, 2.45) is 5.92 Å². The maximum atomic E-state index is 12.8. The molecule has 174 valence electrons. The van der Waals surface area contributed by atoms with Gasteiger partial charge in [0.2, 0.25) is 5.91 Å². The van der Waals surface area contributed by atoms with Crippen LogP contribution in [0.2, 0.25) is 0 Å². The predicted octanol–water partition coefficient (Wildman–Crippen LogP) is 5.08. The number of ether oxygens (including phenoxy) is 1. The average Bonchev–Trinajstić information content (AvgIpc) is 3.57. The van der Waals surface area contributed by atoms with Gasteiger partial charge in [-0.2, -0.15) is 0 Å². The van der Waals surface area contributed by atoms with Crippen molar-refractivity contribution in [3.05, 3.63) is 73.1 Å². The molecule has 1 amide bonds. The summed E-state index contributed by atoms with van der Waals surface area (Å²) in [7, 11) is 0. The Morgan fingerprint density at radius 2 is 1.65 bits per heavy atom. The molecule has 2 aromatic carbocycles. The van der Waals surface area contributed by atoms with E-state index in [2.05, 4.69) is 82.3 Å². The number of aromatic nitrogens is 4. The van der Waals surface area contributed by atoms with E-state index in [4.69, 9.17) is 4.74 Å². The standard InChI is InChI=1S/C27H29N5O2/c1-18(2)13-26(33)32-11-12-34-16-25(32)27-29-15-24(31-27)22-9-5-20(6-10-22)19-3-7-21(8-4-19)23-14-28-17-30-23/h3-10,14-15,17-18,25H,11-13,16H2,1-2H3,(H,28,30)(H,29,31)/t25-/m0/s1. The monoisotopic (exact) mass is 455 g/mol. The van der Waals surface area contributed by atoms with Crippen LogP contribution < -0.4 is 0 Å². The molecular formula is C27H29N5O2. The summed E-state index contributed by atoms with van der Waals surface area (Å²) in [6.07, 6.45) is 5.88. The van der Waals surface area contributed by atoms with E-state index in [9.17, 15) is 4.79 Å². The molecule has 2 N–H and O–H groups in total. The van der Waals surface area contributed by atoms with Crippen LogP contribution in [0.25, 0.3) is 33.6 Å². The fraction of sp³-hybridized carbons (Fsp3) is 0.296. The second-order valence-corrected chi connectivity index (χ2v) is 9.08. The Balaban J connectivity index is 1.32. The number of nitrogens with zero attached hydrogens (tertiary/aromatic N) is 3. The van der Waals surface area contributed by atoms with Gasteiger partial charge >= 0.3 is 0 Å². The molecule has 2 aromatic heterocycles. The molecule has 0 unspecified atom stereocenters. The van der Waals surface area contributed by atoms with Gasteiger partial charge < -0.3 is 19.6 Å². The van der Waals surface area contributed by atoms with Crippen LogP contribution in [0.4, 0.5) is 0 Å². The summed E-state index contributed by atoms with van der Waals surface area (Å²) in [6.45, 7) is 5.76. The first-order valence-corrected chi connectivity index (χ1v) is 11.7. The first-order valence-electron chi connectivity index (χ1n) is 11.7. The fourth-order valence-corrected chi connectivity index (χ4v) is 4.35. The van der Waals surface area contributed by atoms with Crippen LogP contribution in [0.3, 0.4) is 0 Å². The van der Waals surface area contributed by atoms with Crippen LogP contribution in [0.5, 0.6) is 0 Å². The van der Waals surface area contributed by atoms with Gasteiger partial charge in [-0.25, -0.2) is 9.97 Å². The van der Waals surface area contributed by atoms with Gasteiger partial charge in [0.1, 0.15) is 11.9 Å². The van der Waals surface area contributed by atoms with Gasteiger partial charge in [0, 0.05) is 13.0 Å². The first-order chi connectivity index (χ1) is 16.6. The lowest BCUT2D eigenvalue weighted by atomic mass is 10.0. The van der Waals surface area contributed by atoms with E-state index in [0.717, 1.165) is 39.5 Å². The third-order valence-corrected chi connectivity index (χ3v) is 6.17. The minimum Gasteiger partial charge on any atom is -0.377 e. The van der Waals surface area contributed by atoms with Crippen LogP contribution in [0, 0.1) is 5.92 Å². The molecule has 1 fully saturated rings. The number of H-pyrrole nitrogens is 2. The zero-order valence-electron chi connectivity index (χ0n) is 19.5. The van der Waals surface area contributed by atoms with Crippen molar-refractivity contribution in [2.45, 2.75) is 26.3 Å². The minimum atomic E-state index is -0.179. The van der Waals surface area contributed by atoms with Crippen LogP contribution in [-0.2, 0) is 9.53 Å². The number of amides is 1. The number of hydrogen-bond acceptors (Lipinski definition) is 4. The van der Waals surface area contributed by atoms with Gasteiger partial charge in [-0.1, -0.05) is 62.4 Å². The lowest BCUT2D eigenvalue weighted by Crippen LogP contribution is -2.44. The van der Waals surface area contributed by atoms with E-state index in [1.54, 1.807) is 6.33 Å². The van der Waals surface area contributed by atoms with Gasteiger partial charge in [0.05, 0.1) is 43.3 Å². The van der Waals surface area contributed by atoms with Crippen LogP contribution >= 0.6 is 0 Å². The third-order valence-electron chi connectivity index (χ3n) is 6.17. The smallest absolute Gasteiger partial charge is 0.223 e. The predicted molar refractivity (Wildman–Crippen MR) is 132 cm³/mol. The van der Waals surface area contributed by atoms with E-state index >= 15 is 0 Å². The Bertz CT molecular complexity index is 1230. The number of nitrogens with one attached hydrogen (secondary N) is 2. The van der Waals surface area contributed by atoms with Crippen molar-refractivity contribution in [1.82, 2.24) is 24.8 Å². The molecule has 1 saturated heterocycles. The highest BCUT2D eigenvalue weighted by atomic mass is 16.5. The van der Waals surface area contributed by atoms with Crippen LogP contribution in [-0.4, -0.2) is 50.5 Å². The molecular weight excluding hydrogens is 426 g/mol. The Morgan fingerprint density at radius 1 is 1.00 bits per heavy atom. The molecule has 5 rings (SSSR count). The lowest BCUT2D eigenvalue weighted by Gasteiger charge is -2.35. The molecule has 7 heteroatoms. The zero-order valence-corrected chi connectivity index (χ0v) is 19.5. The molecule has 4 aromatic rings. The van der Waals surface area contributed by atoms with E-state index in [1.807, 2.05) is 17.3 Å². The number of benzene rings is 2. The van der Waals surface area contributed by atoms with E-state index in [0.29, 0.717) is 32.1 Å². The molecule has 0 bridgehead atoms. The van der Waals surface area contributed by atoms with Crippen molar-refractivity contribution in [3.63, 3.8) is 0 Å². The molecule has 1 aliphatic heterocycles. The summed E-state index contributed by atoms with van der Waals surface area (Å²) in [5.74, 6) is 1.25. The summed E-state index contributed by atoms with van der Waals surface area (Å²) in [5, 5.41) is 0. The Labute approximate surface area is 199 Å². The van der Waals surface area contributed by atoms with Crippen molar-refractivity contribution >= 4 is 5.91 Å². The maximum absolute atomic E-state index is 12.8.